The molecule has 0 amide bonds. The first kappa shape index (κ1) is 13.1. The van der Waals surface area contributed by atoms with Gasteiger partial charge in [0.1, 0.15) is 0 Å². The number of pyridine rings is 1. The molecule has 0 atom stereocenters. The summed E-state index contributed by atoms with van der Waals surface area (Å²) in [7, 11) is 0. The highest BCUT2D eigenvalue weighted by Crippen LogP contribution is 2.28. The average Bonchev–Trinajstić information content (AvgIpc) is 2.49. The van der Waals surface area contributed by atoms with E-state index in [2.05, 4.69) is 18.0 Å². The van der Waals surface area contributed by atoms with Crippen molar-refractivity contribution in [2.24, 2.45) is 0 Å². The third-order valence-corrected chi connectivity index (χ3v) is 4.76. The summed E-state index contributed by atoms with van der Waals surface area (Å²) in [6, 6.07) is 0. The Kier molecular flexibility index (Phi) is 4.17. The van der Waals surface area contributed by atoms with E-state index in [-0.39, 0.29) is 0 Å². The molecule has 1 saturated heterocycles. The summed E-state index contributed by atoms with van der Waals surface area (Å²) in [6.07, 6.45) is 12.7. The SMILES string of the molecule is CCc1ncc(CN2CCCCC2)c2c1CCCC2. The minimum atomic E-state index is 1.09. The van der Waals surface area contributed by atoms with E-state index in [1.54, 1.807) is 11.1 Å². The van der Waals surface area contributed by atoms with Gasteiger partial charge in [-0.15, -0.1) is 0 Å². The lowest BCUT2D eigenvalue weighted by Crippen LogP contribution is -2.30. The number of aryl methyl sites for hydroxylation is 1. The van der Waals surface area contributed by atoms with Crippen LogP contribution >= 0.6 is 0 Å². The van der Waals surface area contributed by atoms with Crippen molar-refractivity contribution < 1.29 is 0 Å². The maximum Gasteiger partial charge on any atom is 0.0435 e. The zero-order valence-electron chi connectivity index (χ0n) is 12.2. The zero-order chi connectivity index (χ0) is 13.1. The quantitative estimate of drug-likeness (QED) is 0.825. The molecule has 1 aliphatic carbocycles. The highest BCUT2D eigenvalue weighted by atomic mass is 15.1. The summed E-state index contributed by atoms with van der Waals surface area (Å²) in [6.45, 7) is 5.94. The van der Waals surface area contributed by atoms with Gasteiger partial charge in [0.15, 0.2) is 0 Å². The molecule has 0 spiro atoms. The summed E-state index contributed by atoms with van der Waals surface area (Å²) in [5, 5.41) is 0. The summed E-state index contributed by atoms with van der Waals surface area (Å²) in [5.74, 6) is 0. The Morgan fingerprint density at radius 3 is 2.47 bits per heavy atom. The van der Waals surface area contributed by atoms with Crippen LogP contribution in [0.1, 0.15) is 61.4 Å². The van der Waals surface area contributed by atoms with Gasteiger partial charge in [0, 0.05) is 18.4 Å². The van der Waals surface area contributed by atoms with Crippen LogP contribution in [-0.2, 0) is 25.8 Å². The highest BCUT2D eigenvalue weighted by molar-refractivity contribution is 5.38. The monoisotopic (exact) mass is 258 g/mol. The Labute approximate surface area is 117 Å². The lowest BCUT2D eigenvalue weighted by atomic mass is 9.87. The molecule has 0 unspecified atom stereocenters. The first-order valence-corrected chi connectivity index (χ1v) is 8.09. The standard InChI is InChI=1S/C17H26N2/c1-2-17-16-9-5-4-8-15(16)14(12-18-17)13-19-10-6-3-7-11-19/h12H,2-11,13H2,1H3. The number of hydrogen-bond donors (Lipinski definition) is 0. The van der Waals surface area contributed by atoms with E-state index in [9.17, 15) is 0 Å². The molecule has 1 aliphatic heterocycles. The molecular formula is C17H26N2. The molecule has 2 aliphatic rings. The third kappa shape index (κ3) is 2.84. The molecule has 0 N–H and O–H groups in total. The number of nitrogens with zero attached hydrogens (tertiary/aromatic N) is 2. The Balaban J connectivity index is 1.84. The van der Waals surface area contributed by atoms with E-state index in [0.29, 0.717) is 0 Å². The molecule has 1 aromatic heterocycles. The van der Waals surface area contributed by atoms with Crippen molar-refractivity contribution in [1.29, 1.82) is 0 Å². The fourth-order valence-electron chi connectivity index (χ4n) is 3.69. The van der Waals surface area contributed by atoms with E-state index in [4.69, 9.17) is 4.98 Å². The average molecular weight is 258 g/mol. The Hall–Kier alpha value is -0.890. The summed E-state index contributed by atoms with van der Waals surface area (Å²) < 4.78 is 0. The van der Waals surface area contributed by atoms with Crippen LogP contribution in [0, 0.1) is 0 Å². The molecular weight excluding hydrogens is 232 g/mol. The van der Waals surface area contributed by atoms with Gasteiger partial charge in [-0.3, -0.25) is 9.88 Å². The van der Waals surface area contributed by atoms with Gasteiger partial charge in [-0.2, -0.15) is 0 Å². The van der Waals surface area contributed by atoms with Crippen LogP contribution in [0.2, 0.25) is 0 Å². The Morgan fingerprint density at radius 2 is 1.74 bits per heavy atom. The van der Waals surface area contributed by atoms with Crippen LogP contribution in [0.15, 0.2) is 6.20 Å². The number of piperidine rings is 1. The van der Waals surface area contributed by atoms with Gasteiger partial charge in [-0.1, -0.05) is 13.3 Å². The smallest absolute Gasteiger partial charge is 0.0435 e. The number of fused-ring (bicyclic) bond motifs is 1. The molecule has 3 rings (SSSR count). The topological polar surface area (TPSA) is 16.1 Å². The molecule has 0 aromatic carbocycles. The number of likely N-dealkylation sites (tertiary alicyclic amines) is 1. The van der Waals surface area contributed by atoms with Crippen molar-refractivity contribution in [1.82, 2.24) is 9.88 Å². The van der Waals surface area contributed by atoms with Crippen molar-refractivity contribution >= 4 is 0 Å². The van der Waals surface area contributed by atoms with Crippen LogP contribution in [0.3, 0.4) is 0 Å². The number of hydrogen-bond acceptors (Lipinski definition) is 2. The molecule has 0 saturated carbocycles. The van der Waals surface area contributed by atoms with Crippen molar-refractivity contribution in [3.63, 3.8) is 0 Å². The van der Waals surface area contributed by atoms with Crippen molar-refractivity contribution in [3.05, 3.63) is 28.6 Å². The van der Waals surface area contributed by atoms with Gasteiger partial charge in [0.25, 0.3) is 0 Å². The fraction of sp³-hybridized carbons (Fsp3) is 0.706. The van der Waals surface area contributed by atoms with Gasteiger partial charge < -0.3 is 0 Å². The molecule has 2 heterocycles. The second-order valence-corrected chi connectivity index (χ2v) is 6.08. The Bertz CT molecular complexity index is 433. The summed E-state index contributed by atoms with van der Waals surface area (Å²) >= 11 is 0. The van der Waals surface area contributed by atoms with Crippen LogP contribution in [0.4, 0.5) is 0 Å². The largest absolute Gasteiger partial charge is 0.299 e. The molecule has 104 valence electrons. The third-order valence-electron chi connectivity index (χ3n) is 4.76. The fourth-order valence-corrected chi connectivity index (χ4v) is 3.69. The van der Waals surface area contributed by atoms with Gasteiger partial charge in [0.05, 0.1) is 0 Å². The first-order valence-electron chi connectivity index (χ1n) is 8.09. The van der Waals surface area contributed by atoms with Gasteiger partial charge in [-0.25, -0.2) is 0 Å². The summed E-state index contributed by atoms with van der Waals surface area (Å²) in [4.78, 5) is 7.38. The maximum atomic E-state index is 4.75. The lowest BCUT2D eigenvalue weighted by molar-refractivity contribution is 0.220. The molecule has 0 bridgehead atoms. The van der Waals surface area contributed by atoms with Crippen molar-refractivity contribution in [2.75, 3.05) is 13.1 Å². The molecule has 1 aromatic rings. The van der Waals surface area contributed by atoms with Crippen LogP contribution in [0.5, 0.6) is 0 Å². The van der Waals surface area contributed by atoms with E-state index >= 15 is 0 Å². The van der Waals surface area contributed by atoms with Crippen LogP contribution in [0.25, 0.3) is 0 Å². The molecule has 2 heteroatoms. The van der Waals surface area contributed by atoms with E-state index < -0.39 is 0 Å². The van der Waals surface area contributed by atoms with Crippen molar-refractivity contribution in [2.45, 2.75) is 64.8 Å². The van der Waals surface area contributed by atoms with Gasteiger partial charge in [0.2, 0.25) is 0 Å². The van der Waals surface area contributed by atoms with E-state index in [1.165, 1.54) is 69.3 Å². The summed E-state index contributed by atoms with van der Waals surface area (Å²) in [5.41, 5.74) is 6.14. The minimum absolute atomic E-state index is 1.09. The second kappa shape index (κ2) is 6.04. The lowest BCUT2D eigenvalue weighted by Gasteiger charge is -2.29. The zero-order valence-corrected chi connectivity index (χ0v) is 12.2. The highest BCUT2D eigenvalue weighted by Gasteiger charge is 2.19. The molecule has 2 nitrogen and oxygen atoms in total. The predicted octanol–water partition coefficient (Wildman–Crippen LogP) is 3.51. The molecule has 1 fully saturated rings. The van der Waals surface area contributed by atoms with Gasteiger partial charge >= 0.3 is 0 Å². The maximum absolute atomic E-state index is 4.75. The molecule has 0 radical (unpaired) electrons. The molecule has 19 heavy (non-hydrogen) atoms. The van der Waals surface area contributed by atoms with E-state index in [0.717, 1.165) is 13.0 Å². The Morgan fingerprint density at radius 1 is 1.00 bits per heavy atom. The predicted molar refractivity (Wildman–Crippen MR) is 79.4 cm³/mol. The normalized spacial score (nSPS) is 20.3. The first-order chi connectivity index (χ1) is 9.38. The van der Waals surface area contributed by atoms with Crippen LogP contribution < -0.4 is 0 Å². The number of rotatable bonds is 3. The van der Waals surface area contributed by atoms with E-state index in [1.807, 2.05) is 0 Å². The second-order valence-electron chi connectivity index (χ2n) is 6.08. The number of aromatic nitrogens is 1. The van der Waals surface area contributed by atoms with Crippen molar-refractivity contribution in [3.8, 4) is 0 Å². The van der Waals surface area contributed by atoms with Crippen LogP contribution in [-0.4, -0.2) is 23.0 Å². The van der Waals surface area contributed by atoms with Gasteiger partial charge in [-0.05, 0) is 74.7 Å². The minimum Gasteiger partial charge on any atom is -0.299 e.